The molecule has 1 aromatic carbocycles. The van der Waals surface area contributed by atoms with Gasteiger partial charge in [0.1, 0.15) is 6.20 Å². The van der Waals surface area contributed by atoms with Gasteiger partial charge in [-0.1, -0.05) is 24.3 Å². The van der Waals surface area contributed by atoms with E-state index in [-0.39, 0.29) is 17.5 Å². The lowest BCUT2D eigenvalue weighted by Gasteiger charge is -2.16. The molecule has 2 rings (SSSR count). The van der Waals surface area contributed by atoms with E-state index in [0.717, 1.165) is 17.8 Å². The number of thiazole rings is 1. The third-order valence-corrected chi connectivity index (χ3v) is 4.15. The summed E-state index contributed by atoms with van der Waals surface area (Å²) >= 11 is 1.000. The largest absolute Gasteiger partial charge is 0.396 e. The minimum atomic E-state index is -0.459. The fourth-order valence-corrected chi connectivity index (χ4v) is 2.65. The molecule has 21 heavy (non-hydrogen) atoms. The highest BCUT2D eigenvalue weighted by atomic mass is 32.1. The van der Waals surface area contributed by atoms with Gasteiger partial charge >= 0.3 is 5.00 Å². The smallest absolute Gasteiger partial charge is 0.345 e. The van der Waals surface area contributed by atoms with Gasteiger partial charge in [-0.15, -0.1) is 0 Å². The van der Waals surface area contributed by atoms with Crippen molar-refractivity contribution in [3.63, 3.8) is 0 Å². The summed E-state index contributed by atoms with van der Waals surface area (Å²) in [5.41, 5.74) is 2.39. The molecule has 112 valence electrons. The predicted octanol–water partition coefficient (Wildman–Crippen LogP) is 2.62. The van der Waals surface area contributed by atoms with Crippen molar-refractivity contribution >= 4 is 21.5 Å². The number of hydrogen-bond acceptors (Lipinski definition) is 6. The molecule has 1 atom stereocenters. The van der Waals surface area contributed by atoms with E-state index in [0.29, 0.717) is 11.7 Å². The number of hydrogen-bond donors (Lipinski definition) is 2. The summed E-state index contributed by atoms with van der Waals surface area (Å²) in [5.74, 6) is 0.0362. The third kappa shape index (κ3) is 4.24. The molecule has 0 aliphatic carbocycles. The van der Waals surface area contributed by atoms with E-state index in [1.807, 2.05) is 31.2 Å². The normalized spacial score (nSPS) is 12.1. The van der Waals surface area contributed by atoms with Crippen LogP contribution in [-0.2, 0) is 6.42 Å². The SMILES string of the molecule is Cc1ccccc1C[C@@H](CO)CNc1ncc([N+](=O)[O-])s1. The van der Waals surface area contributed by atoms with Crippen LogP contribution in [0.3, 0.4) is 0 Å². The number of rotatable bonds is 7. The fourth-order valence-electron chi connectivity index (χ4n) is 2.01. The topological polar surface area (TPSA) is 88.3 Å². The zero-order valence-electron chi connectivity index (χ0n) is 11.7. The first kappa shape index (κ1) is 15.4. The Bertz CT molecular complexity index is 615. The number of benzene rings is 1. The van der Waals surface area contributed by atoms with Gasteiger partial charge in [-0.3, -0.25) is 10.1 Å². The summed E-state index contributed by atoms with van der Waals surface area (Å²) in [7, 11) is 0. The van der Waals surface area contributed by atoms with Gasteiger partial charge in [0.2, 0.25) is 0 Å². The molecule has 0 aliphatic rings. The van der Waals surface area contributed by atoms with E-state index < -0.39 is 4.92 Å². The molecule has 7 heteroatoms. The maximum atomic E-state index is 10.6. The quantitative estimate of drug-likeness (QED) is 0.606. The van der Waals surface area contributed by atoms with E-state index in [4.69, 9.17) is 0 Å². The van der Waals surface area contributed by atoms with Crippen molar-refractivity contribution in [2.75, 3.05) is 18.5 Å². The number of aliphatic hydroxyl groups excluding tert-OH is 1. The van der Waals surface area contributed by atoms with Gasteiger partial charge in [-0.25, -0.2) is 4.98 Å². The first-order valence-electron chi connectivity index (χ1n) is 6.59. The molecule has 0 bridgehead atoms. The van der Waals surface area contributed by atoms with E-state index in [1.165, 1.54) is 17.3 Å². The van der Waals surface area contributed by atoms with Crippen molar-refractivity contribution in [2.45, 2.75) is 13.3 Å². The Morgan fingerprint density at radius 2 is 2.24 bits per heavy atom. The summed E-state index contributed by atoms with van der Waals surface area (Å²) in [6.07, 6.45) is 1.99. The molecule has 1 aromatic heterocycles. The molecule has 0 saturated heterocycles. The van der Waals surface area contributed by atoms with Gasteiger partial charge in [0.25, 0.3) is 0 Å². The van der Waals surface area contributed by atoms with Crippen molar-refractivity contribution in [1.82, 2.24) is 4.98 Å². The molecule has 0 fully saturated rings. The summed E-state index contributed by atoms with van der Waals surface area (Å²) in [6, 6.07) is 8.06. The molecule has 0 amide bonds. The standard InChI is InChI=1S/C14H17N3O3S/c1-10-4-2-3-5-12(10)6-11(9-18)7-15-14-16-8-13(21-14)17(19)20/h2-5,8,11,18H,6-7,9H2,1H3,(H,15,16)/t11-/m1/s1. The van der Waals surface area contributed by atoms with Crippen molar-refractivity contribution in [1.29, 1.82) is 0 Å². The molecule has 1 heterocycles. The second-order valence-electron chi connectivity index (χ2n) is 4.82. The summed E-state index contributed by atoms with van der Waals surface area (Å²) in [6.45, 7) is 2.62. The maximum absolute atomic E-state index is 10.6. The van der Waals surface area contributed by atoms with Gasteiger partial charge < -0.3 is 10.4 Å². The molecule has 0 saturated carbocycles. The first-order chi connectivity index (χ1) is 10.1. The lowest BCUT2D eigenvalue weighted by atomic mass is 9.97. The number of nitro groups is 1. The van der Waals surface area contributed by atoms with Crippen molar-refractivity contribution < 1.29 is 10.0 Å². The zero-order valence-corrected chi connectivity index (χ0v) is 12.5. The Morgan fingerprint density at radius 3 is 2.86 bits per heavy atom. The fraction of sp³-hybridized carbons (Fsp3) is 0.357. The number of anilines is 1. The average Bonchev–Trinajstić information content (AvgIpc) is 2.94. The number of aliphatic hydroxyl groups is 1. The van der Waals surface area contributed by atoms with Gasteiger partial charge in [-0.05, 0) is 35.8 Å². The van der Waals surface area contributed by atoms with Crippen LogP contribution in [0.1, 0.15) is 11.1 Å². The highest BCUT2D eigenvalue weighted by molar-refractivity contribution is 7.18. The van der Waals surface area contributed by atoms with Crippen molar-refractivity contribution in [3.05, 3.63) is 51.7 Å². The van der Waals surface area contributed by atoms with Crippen LogP contribution in [0.4, 0.5) is 10.1 Å². The molecule has 0 radical (unpaired) electrons. The first-order valence-corrected chi connectivity index (χ1v) is 7.41. The van der Waals surface area contributed by atoms with E-state index in [9.17, 15) is 15.2 Å². The highest BCUT2D eigenvalue weighted by Gasteiger charge is 2.14. The van der Waals surface area contributed by atoms with Crippen LogP contribution in [0.25, 0.3) is 0 Å². The van der Waals surface area contributed by atoms with Gasteiger partial charge in [0.15, 0.2) is 5.13 Å². The van der Waals surface area contributed by atoms with Crippen molar-refractivity contribution in [2.24, 2.45) is 5.92 Å². The van der Waals surface area contributed by atoms with Crippen LogP contribution in [0.5, 0.6) is 0 Å². The van der Waals surface area contributed by atoms with E-state index in [1.54, 1.807) is 0 Å². The van der Waals surface area contributed by atoms with Crippen LogP contribution >= 0.6 is 11.3 Å². The molecule has 6 nitrogen and oxygen atoms in total. The maximum Gasteiger partial charge on any atom is 0.345 e. The summed E-state index contributed by atoms with van der Waals surface area (Å²) in [4.78, 5) is 14.1. The molecule has 2 aromatic rings. The molecule has 2 N–H and O–H groups in total. The summed E-state index contributed by atoms with van der Waals surface area (Å²) in [5, 5.41) is 23.6. The van der Waals surface area contributed by atoms with Gasteiger partial charge in [0.05, 0.1) is 4.92 Å². The number of aryl methyl sites for hydroxylation is 1. The molecule has 0 unspecified atom stereocenters. The Hall–Kier alpha value is -1.99. The van der Waals surface area contributed by atoms with Crippen molar-refractivity contribution in [3.8, 4) is 0 Å². The zero-order chi connectivity index (χ0) is 15.2. The lowest BCUT2D eigenvalue weighted by Crippen LogP contribution is -2.20. The number of nitrogens with zero attached hydrogens (tertiary/aromatic N) is 2. The van der Waals surface area contributed by atoms with Crippen LogP contribution in [0.2, 0.25) is 0 Å². The minimum absolute atomic E-state index is 0.0111. The Labute approximate surface area is 126 Å². The Balaban J connectivity index is 1.93. The Kier molecular flexibility index (Phi) is 5.24. The van der Waals surface area contributed by atoms with Crippen LogP contribution < -0.4 is 5.32 Å². The number of nitrogens with one attached hydrogen (secondary N) is 1. The Morgan fingerprint density at radius 1 is 1.48 bits per heavy atom. The lowest BCUT2D eigenvalue weighted by molar-refractivity contribution is -0.380. The second-order valence-corrected chi connectivity index (χ2v) is 5.83. The molecular weight excluding hydrogens is 290 g/mol. The van der Waals surface area contributed by atoms with Crippen LogP contribution in [0.15, 0.2) is 30.5 Å². The van der Waals surface area contributed by atoms with Crippen LogP contribution in [-0.4, -0.2) is 28.2 Å². The van der Waals surface area contributed by atoms with E-state index >= 15 is 0 Å². The average molecular weight is 307 g/mol. The van der Waals surface area contributed by atoms with Crippen LogP contribution in [0, 0.1) is 23.0 Å². The number of aromatic nitrogens is 1. The third-order valence-electron chi connectivity index (χ3n) is 3.24. The molecule has 0 spiro atoms. The second kappa shape index (κ2) is 7.14. The highest BCUT2D eigenvalue weighted by Crippen LogP contribution is 2.25. The van der Waals surface area contributed by atoms with Gasteiger partial charge in [-0.2, -0.15) is 0 Å². The minimum Gasteiger partial charge on any atom is -0.396 e. The molecular formula is C14H17N3O3S. The van der Waals surface area contributed by atoms with E-state index in [2.05, 4.69) is 10.3 Å². The van der Waals surface area contributed by atoms with Gasteiger partial charge in [0, 0.05) is 19.1 Å². The summed E-state index contributed by atoms with van der Waals surface area (Å²) < 4.78 is 0. The monoisotopic (exact) mass is 307 g/mol. The molecule has 0 aliphatic heterocycles. The predicted molar refractivity (Wildman–Crippen MR) is 82.7 cm³/mol.